The van der Waals surface area contributed by atoms with Crippen LogP contribution in [-0.4, -0.2) is 24.6 Å². The van der Waals surface area contributed by atoms with Crippen LogP contribution in [0.5, 0.6) is 0 Å². The van der Waals surface area contributed by atoms with Crippen molar-refractivity contribution in [3.05, 3.63) is 42.0 Å². The van der Waals surface area contributed by atoms with Crippen molar-refractivity contribution in [3.63, 3.8) is 0 Å². The molecule has 0 saturated heterocycles. The molecule has 0 unspecified atom stereocenters. The first kappa shape index (κ1) is 13.4. The van der Waals surface area contributed by atoms with Crippen molar-refractivity contribution in [2.24, 2.45) is 0 Å². The van der Waals surface area contributed by atoms with Crippen molar-refractivity contribution in [2.45, 2.75) is 13.5 Å². The van der Waals surface area contributed by atoms with Crippen molar-refractivity contribution in [2.75, 3.05) is 16.3 Å². The van der Waals surface area contributed by atoms with Gasteiger partial charge in [-0.3, -0.25) is 4.72 Å². The van der Waals surface area contributed by atoms with Gasteiger partial charge in [0.25, 0.3) is 0 Å². The van der Waals surface area contributed by atoms with E-state index < -0.39 is 10.0 Å². The number of aromatic amines is 1. The highest BCUT2D eigenvalue weighted by Gasteiger charge is 2.03. The quantitative estimate of drug-likeness (QED) is 0.778. The minimum absolute atomic E-state index is 0.545. The van der Waals surface area contributed by atoms with Gasteiger partial charge in [0.05, 0.1) is 24.8 Å². The summed E-state index contributed by atoms with van der Waals surface area (Å²) in [4.78, 5) is 7.20. The van der Waals surface area contributed by atoms with Crippen LogP contribution in [0.1, 0.15) is 11.4 Å². The van der Waals surface area contributed by atoms with E-state index in [0.29, 0.717) is 12.2 Å². The number of sulfonamides is 1. The summed E-state index contributed by atoms with van der Waals surface area (Å²) < 4.78 is 24.5. The lowest BCUT2D eigenvalue weighted by atomic mass is 10.2. The van der Waals surface area contributed by atoms with Gasteiger partial charge in [-0.1, -0.05) is 0 Å². The third-order valence-corrected chi connectivity index (χ3v) is 3.19. The standard InChI is InChI=1S/C12H16N4O2S/c1-9-12(15-8-14-9)7-13-10-3-5-11(6-4-10)16-19(2,17)18/h3-6,8,13,16H,7H2,1-2H3,(H,14,15). The molecule has 1 aromatic carbocycles. The van der Waals surface area contributed by atoms with Gasteiger partial charge in [0.1, 0.15) is 0 Å². The van der Waals surface area contributed by atoms with E-state index in [1.54, 1.807) is 18.5 Å². The van der Waals surface area contributed by atoms with E-state index in [1.165, 1.54) is 0 Å². The summed E-state index contributed by atoms with van der Waals surface area (Å²) in [6, 6.07) is 7.05. The van der Waals surface area contributed by atoms with E-state index in [1.807, 2.05) is 19.1 Å². The first-order chi connectivity index (χ1) is 8.94. The summed E-state index contributed by atoms with van der Waals surface area (Å²) in [6.07, 6.45) is 2.78. The maximum atomic E-state index is 11.1. The van der Waals surface area contributed by atoms with Gasteiger partial charge < -0.3 is 10.3 Å². The lowest BCUT2D eigenvalue weighted by Crippen LogP contribution is -2.09. The van der Waals surface area contributed by atoms with E-state index in [-0.39, 0.29) is 0 Å². The van der Waals surface area contributed by atoms with Gasteiger partial charge in [-0.25, -0.2) is 13.4 Å². The first-order valence-corrected chi connectivity index (χ1v) is 7.64. The predicted octanol–water partition coefficient (Wildman–Crippen LogP) is 1.70. The van der Waals surface area contributed by atoms with Crippen LogP contribution < -0.4 is 10.0 Å². The summed E-state index contributed by atoms with van der Waals surface area (Å²) in [6.45, 7) is 2.58. The first-order valence-electron chi connectivity index (χ1n) is 5.74. The van der Waals surface area contributed by atoms with Crippen LogP contribution in [0.2, 0.25) is 0 Å². The van der Waals surface area contributed by atoms with Gasteiger partial charge in [0.2, 0.25) is 10.0 Å². The summed E-state index contributed by atoms with van der Waals surface area (Å²) in [5.41, 5.74) is 3.44. The molecule has 2 rings (SSSR count). The lowest BCUT2D eigenvalue weighted by Gasteiger charge is -2.07. The Bertz CT molecular complexity index is 647. The number of nitrogens with zero attached hydrogens (tertiary/aromatic N) is 1. The molecule has 0 spiro atoms. The Balaban J connectivity index is 1.97. The second kappa shape index (κ2) is 5.31. The molecular weight excluding hydrogens is 264 g/mol. The van der Waals surface area contributed by atoms with Gasteiger partial charge in [0, 0.05) is 17.1 Å². The Hall–Kier alpha value is -2.02. The van der Waals surface area contributed by atoms with Crippen LogP contribution >= 0.6 is 0 Å². The van der Waals surface area contributed by atoms with Gasteiger partial charge in [-0.2, -0.15) is 0 Å². The van der Waals surface area contributed by atoms with Crippen molar-refractivity contribution in [1.29, 1.82) is 0 Å². The fraction of sp³-hybridized carbons (Fsp3) is 0.250. The Morgan fingerprint density at radius 2 is 1.84 bits per heavy atom. The summed E-state index contributed by atoms with van der Waals surface area (Å²) in [7, 11) is -3.23. The van der Waals surface area contributed by atoms with Gasteiger partial charge in [0.15, 0.2) is 0 Å². The number of H-pyrrole nitrogens is 1. The summed E-state index contributed by atoms with van der Waals surface area (Å²) in [5, 5.41) is 3.22. The Kier molecular flexibility index (Phi) is 3.75. The molecule has 102 valence electrons. The van der Waals surface area contributed by atoms with Crippen molar-refractivity contribution in [1.82, 2.24) is 9.97 Å². The number of anilines is 2. The Labute approximate surface area is 112 Å². The second-order valence-corrected chi connectivity index (χ2v) is 6.03. The molecule has 7 heteroatoms. The number of hydrogen-bond donors (Lipinski definition) is 3. The molecule has 0 saturated carbocycles. The fourth-order valence-electron chi connectivity index (χ4n) is 1.62. The largest absolute Gasteiger partial charge is 0.379 e. The molecule has 0 aliphatic rings. The van der Waals surface area contributed by atoms with E-state index in [2.05, 4.69) is 20.0 Å². The van der Waals surface area contributed by atoms with Gasteiger partial charge in [-0.05, 0) is 31.2 Å². The third kappa shape index (κ3) is 3.99. The monoisotopic (exact) mass is 280 g/mol. The second-order valence-electron chi connectivity index (χ2n) is 4.28. The number of imidazole rings is 1. The number of hydrogen-bond acceptors (Lipinski definition) is 4. The van der Waals surface area contributed by atoms with Crippen molar-refractivity contribution in [3.8, 4) is 0 Å². The van der Waals surface area contributed by atoms with Crippen LogP contribution in [0.25, 0.3) is 0 Å². The van der Waals surface area contributed by atoms with Gasteiger partial charge in [-0.15, -0.1) is 0 Å². The van der Waals surface area contributed by atoms with Gasteiger partial charge >= 0.3 is 0 Å². The zero-order valence-corrected chi connectivity index (χ0v) is 11.6. The third-order valence-electron chi connectivity index (χ3n) is 2.58. The topological polar surface area (TPSA) is 86.9 Å². The van der Waals surface area contributed by atoms with E-state index >= 15 is 0 Å². The van der Waals surface area contributed by atoms with Crippen LogP contribution in [0.15, 0.2) is 30.6 Å². The molecule has 2 aromatic rings. The maximum Gasteiger partial charge on any atom is 0.229 e. The van der Waals surface area contributed by atoms with Crippen molar-refractivity contribution < 1.29 is 8.42 Å². The molecular formula is C12H16N4O2S. The lowest BCUT2D eigenvalue weighted by molar-refractivity contribution is 0.607. The minimum atomic E-state index is -3.23. The fourth-order valence-corrected chi connectivity index (χ4v) is 2.19. The molecule has 0 aliphatic carbocycles. The maximum absolute atomic E-state index is 11.1. The number of nitrogens with one attached hydrogen (secondary N) is 3. The smallest absolute Gasteiger partial charge is 0.229 e. The summed E-state index contributed by atoms with van der Waals surface area (Å²) >= 11 is 0. The molecule has 19 heavy (non-hydrogen) atoms. The van der Waals surface area contributed by atoms with Crippen LogP contribution in [0.3, 0.4) is 0 Å². The number of aromatic nitrogens is 2. The number of benzene rings is 1. The van der Waals surface area contributed by atoms with E-state index in [4.69, 9.17) is 0 Å². The SMILES string of the molecule is Cc1[nH]cnc1CNc1ccc(NS(C)(=O)=O)cc1. The molecule has 0 atom stereocenters. The molecule has 3 N–H and O–H groups in total. The molecule has 1 heterocycles. The van der Waals surface area contributed by atoms with E-state index in [9.17, 15) is 8.42 Å². The highest BCUT2D eigenvalue weighted by atomic mass is 32.2. The van der Waals surface area contributed by atoms with Crippen LogP contribution in [0, 0.1) is 6.92 Å². The van der Waals surface area contributed by atoms with Crippen LogP contribution in [-0.2, 0) is 16.6 Å². The predicted molar refractivity (Wildman–Crippen MR) is 75.6 cm³/mol. The number of rotatable bonds is 5. The molecule has 6 nitrogen and oxygen atoms in total. The average Bonchev–Trinajstić information content (AvgIpc) is 2.72. The minimum Gasteiger partial charge on any atom is -0.379 e. The van der Waals surface area contributed by atoms with E-state index in [0.717, 1.165) is 23.3 Å². The zero-order valence-electron chi connectivity index (χ0n) is 10.8. The Morgan fingerprint density at radius 1 is 1.21 bits per heavy atom. The molecule has 0 aliphatic heterocycles. The van der Waals surface area contributed by atoms with Crippen LogP contribution in [0.4, 0.5) is 11.4 Å². The number of aryl methyl sites for hydroxylation is 1. The normalized spacial score (nSPS) is 11.3. The Morgan fingerprint density at radius 3 is 2.37 bits per heavy atom. The molecule has 0 fully saturated rings. The average molecular weight is 280 g/mol. The zero-order chi connectivity index (χ0) is 13.9. The molecule has 1 aromatic heterocycles. The summed E-state index contributed by atoms with van der Waals surface area (Å²) in [5.74, 6) is 0. The highest BCUT2D eigenvalue weighted by molar-refractivity contribution is 7.92. The highest BCUT2D eigenvalue weighted by Crippen LogP contribution is 2.15. The molecule has 0 radical (unpaired) electrons. The molecule has 0 amide bonds. The van der Waals surface area contributed by atoms with Crippen molar-refractivity contribution >= 4 is 21.4 Å². The molecule has 0 bridgehead atoms.